The molecular weight excluding hydrogens is 86.1 g/mol. The molecule has 0 spiro atoms. The zero-order valence-corrected chi connectivity index (χ0v) is 4.15. The molecule has 0 aromatic heterocycles. The molecule has 1 fully saturated rings. The summed E-state index contributed by atoms with van der Waals surface area (Å²) in [4.78, 5) is 0. The van der Waals surface area contributed by atoms with Crippen LogP contribution in [0.2, 0.25) is 0 Å². The predicted octanol–water partition coefficient (Wildman–Crippen LogP) is 1.39. The molecule has 1 nitrogen and oxygen atoms in total. The van der Waals surface area contributed by atoms with E-state index in [0.29, 0.717) is 0 Å². The molecule has 36 valence electrons. The van der Waals surface area contributed by atoms with E-state index in [1.54, 1.807) is 0 Å². The Morgan fingerprint density at radius 3 is 2.86 bits per heavy atom. The highest BCUT2D eigenvalue weighted by molar-refractivity contribution is 4.97. The molecule has 1 aliphatic carbocycles. The lowest BCUT2D eigenvalue weighted by molar-refractivity contribution is 0.776. The minimum absolute atomic E-state index is 0.153. The maximum absolute atomic E-state index is 8.25. The SMILES string of the molecule is N#CC1[C]CCC1. The van der Waals surface area contributed by atoms with Gasteiger partial charge >= 0.3 is 0 Å². The van der Waals surface area contributed by atoms with Crippen LogP contribution in [-0.2, 0) is 0 Å². The number of rotatable bonds is 0. The van der Waals surface area contributed by atoms with E-state index in [-0.39, 0.29) is 5.92 Å². The van der Waals surface area contributed by atoms with Crippen molar-refractivity contribution in [2.45, 2.75) is 19.3 Å². The van der Waals surface area contributed by atoms with E-state index in [9.17, 15) is 0 Å². The lowest BCUT2D eigenvalue weighted by Gasteiger charge is -1.86. The molecule has 2 radical (unpaired) electrons. The van der Waals surface area contributed by atoms with E-state index in [1.165, 1.54) is 0 Å². The second kappa shape index (κ2) is 1.97. The molecule has 0 heterocycles. The van der Waals surface area contributed by atoms with Crippen molar-refractivity contribution in [3.63, 3.8) is 0 Å². The van der Waals surface area contributed by atoms with E-state index >= 15 is 0 Å². The summed E-state index contributed by atoms with van der Waals surface area (Å²) in [5, 5.41) is 8.25. The Hall–Kier alpha value is -0.510. The van der Waals surface area contributed by atoms with Crippen molar-refractivity contribution in [2.75, 3.05) is 0 Å². The third kappa shape index (κ3) is 0.928. The standard InChI is InChI=1S/C6H7N/c7-5-6-3-1-2-4-6/h6H,1-3H2. The third-order valence-corrected chi connectivity index (χ3v) is 1.22. The van der Waals surface area contributed by atoms with Gasteiger partial charge in [0.2, 0.25) is 0 Å². The largest absolute Gasteiger partial charge is 0.198 e. The highest BCUT2D eigenvalue weighted by Crippen LogP contribution is 2.21. The maximum Gasteiger partial charge on any atom is 0.0662 e. The molecule has 1 heteroatoms. The molecule has 0 aromatic rings. The summed E-state index contributed by atoms with van der Waals surface area (Å²) in [5.74, 6) is 0.153. The van der Waals surface area contributed by atoms with Gasteiger partial charge in [-0.1, -0.05) is 6.42 Å². The fourth-order valence-corrected chi connectivity index (χ4v) is 0.795. The molecule has 1 saturated carbocycles. The van der Waals surface area contributed by atoms with Crippen molar-refractivity contribution in [1.82, 2.24) is 0 Å². The zero-order valence-electron chi connectivity index (χ0n) is 4.15. The molecule has 7 heavy (non-hydrogen) atoms. The molecule has 1 aliphatic rings. The summed E-state index contributed by atoms with van der Waals surface area (Å²) in [6.07, 6.45) is 6.27. The summed E-state index contributed by atoms with van der Waals surface area (Å²) >= 11 is 0. The molecule has 1 rings (SSSR count). The highest BCUT2D eigenvalue weighted by atomic mass is 14.3. The summed E-state index contributed by atoms with van der Waals surface area (Å²) in [6.45, 7) is 0. The van der Waals surface area contributed by atoms with Gasteiger partial charge in [0.25, 0.3) is 0 Å². The Balaban J connectivity index is 2.31. The second-order valence-corrected chi connectivity index (χ2v) is 1.78. The molecule has 0 N–H and O–H groups in total. The number of hydrogen-bond donors (Lipinski definition) is 0. The van der Waals surface area contributed by atoms with Crippen LogP contribution in [0, 0.1) is 23.7 Å². The van der Waals surface area contributed by atoms with Gasteiger partial charge < -0.3 is 0 Å². The van der Waals surface area contributed by atoms with E-state index < -0.39 is 0 Å². The highest BCUT2D eigenvalue weighted by Gasteiger charge is 2.13. The van der Waals surface area contributed by atoms with Gasteiger partial charge in [0.1, 0.15) is 0 Å². The van der Waals surface area contributed by atoms with Crippen molar-refractivity contribution in [1.29, 1.82) is 5.26 Å². The number of nitrogens with zero attached hydrogens (tertiary/aromatic N) is 1. The quantitative estimate of drug-likeness (QED) is 0.444. The van der Waals surface area contributed by atoms with Gasteiger partial charge in [0.05, 0.1) is 12.0 Å². The number of nitriles is 1. The van der Waals surface area contributed by atoms with Gasteiger partial charge in [0, 0.05) is 6.42 Å². The fraction of sp³-hybridized carbons (Fsp3) is 0.667. The molecule has 1 atom stereocenters. The zero-order chi connectivity index (χ0) is 5.11. The summed E-state index contributed by atoms with van der Waals surface area (Å²) in [5.41, 5.74) is 0. The molecule has 0 aliphatic heterocycles. The first kappa shape index (κ1) is 4.64. The van der Waals surface area contributed by atoms with Crippen molar-refractivity contribution in [3.05, 3.63) is 6.42 Å². The Labute approximate surface area is 44.0 Å². The third-order valence-electron chi connectivity index (χ3n) is 1.22. The van der Waals surface area contributed by atoms with E-state index in [4.69, 9.17) is 5.26 Å². The van der Waals surface area contributed by atoms with Crippen LogP contribution in [0.1, 0.15) is 19.3 Å². The monoisotopic (exact) mass is 93.1 g/mol. The van der Waals surface area contributed by atoms with Crippen LogP contribution in [0.5, 0.6) is 0 Å². The first-order chi connectivity index (χ1) is 3.43. The topological polar surface area (TPSA) is 23.8 Å². The average molecular weight is 93.1 g/mol. The van der Waals surface area contributed by atoms with Gasteiger partial charge in [-0.3, -0.25) is 0 Å². The Morgan fingerprint density at radius 2 is 2.57 bits per heavy atom. The van der Waals surface area contributed by atoms with Gasteiger partial charge in [-0.2, -0.15) is 5.26 Å². The van der Waals surface area contributed by atoms with Crippen LogP contribution in [0.4, 0.5) is 0 Å². The van der Waals surface area contributed by atoms with Crippen LogP contribution >= 0.6 is 0 Å². The summed E-state index contributed by atoms with van der Waals surface area (Å²) in [6, 6.07) is 2.15. The lowest BCUT2D eigenvalue weighted by atomic mass is 10.1. The first-order valence-corrected chi connectivity index (χ1v) is 2.56. The maximum atomic E-state index is 8.25. The van der Waals surface area contributed by atoms with E-state index in [2.05, 4.69) is 12.5 Å². The first-order valence-electron chi connectivity index (χ1n) is 2.56. The van der Waals surface area contributed by atoms with E-state index in [0.717, 1.165) is 19.3 Å². The van der Waals surface area contributed by atoms with Crippen LogP contribution in [-0.4, -0.2) is 0 Å². The van der Waals surface area contributed by atoms with Crippen molar-refractivity contribution in [2.24, 2.45) is 5.92 Å². The van der Waals surface area contributed by atoms with Crippen LogP contribution in [0.3, 0.4) is 0 Å². The van der Waals surface area contributed by atoms with Gasteiger partial charge in [-0.05, 0) is 12.8 Å². The molecular formula is C6H7N. The van der Waals surface area contributed by atoms with E-state index in [1.807, 2.05) is 0 Å². The van der Waals surface area contributed by atoms with Crippen LogP contribution < -0.4 is 0 Å². The Morgan fingerprint density at radius 1 is 1.71 bits per heavy atom. The second-order valence-electron chi connectivity index (χ2n) is 1.78. The number of hydrogen-bond acceptors (Lipinski definition) is 1. The lowest BCUT2D eigenvalue weighted by Crippen LogP contribution is -1.84. The Kier molecular flexibility index (Phi) is 1.31. The molecule has 0 saturated heterocycles. The Bertz CT molecular complexity index is 84.8. The summed E-state index contributed by atoms with van der Waals surface area (Å²) < 4.78 is 0. The van der Waals surface area contributed by atoms with Crippen LogP contribution in [0.25, 0.3) is 0 Å². The van der Waals surface area contributed by atoms with Gasteiger partial charge in [0.15, 0.2) is 0 Å². The smallest absolute Gasteiger partial charge is 0.0662 e. The molecule has 0 bridgehead atoms. The summed E-state index contributed by atoms with van der Waals surface area (Å²) in [7, 11) is 0. The molecule has 0 aromatic carbocycles. The van der Waals surface area contributed by atoms with Crippen molar-refractivity contribution < 1.29 is 0 Å². The molecule has 0 amide bonds. The minimum atomic E-state index is 0.153. The van der Waals surface area contributed by atoms with Crippen molar-refractivity contribution in [3.8, 4) is 6.07 Å². The normalized spacial score (nSPS) is 22.1. The van der Waals surface area contributed by atoms with Crippen molar-refractivity contribution >= 4 is 0 Å². The average Bonchev–Trinajstić information content (AvgIpc) is 2.14. The van der Waals surface area contributed by atoms with Crippen LogP contribution in [0.15, 0.2) is 0 Å². The fourth-order valence-electron chi connectivity index (χ4n) is 0.795. The minimum Gasteiger partial charge on any atom is -0.198 e. The van der Waals surface area contributed by atoms with Gasteiger partial charge in [-0.15, -0.1) is 0 Å². The predicted molar refractivity (Wildman–Crippen MR) is 26.2 cm³/mol. The molecule has 1 unspecified atom stereocenters. The van der Waals surface area contributed by atoms with Gasteiger partial charge in [-0.25, -0.2) is 0 Å².